The van der Waals surface area contributed by atoms with E-state index < -0.39 is 41.0 Å². The first-order valence-electron chi connectivity index (χ1n) is 14.1. The Balaban J connectivity index is 1.90. The van der Waals surface area contributed by atoms with Crippen LogP contribution in [0.1, 0.15) is 47.2 Å². The summed E-state index contributed by atoms with van der Waals surface area (Å²) in [6.07, 6.45) is -1.70. The molecule has 3 unspecified atom stereocenters. The van der Waals surface area contributed by atoms with Crippen LogP contribution in [0.3, 0.4) is 0 Å². The van der Waals surface area contributed by atoms with Gasteiger partial charge in [0, 0.05) is 0 Å². The fourth-order valence-electron chi connectivity index (χ4n) is 4.75. The van der Waals surface area contributed by atoms with Gasteiger partial charge in [-0.3, -0.25) is 0 Å². The molecule has 0 saturated heterocycles. The fourth-order valence-corrected chi connectivity index (χ4v) is 5.42. The van der Waals surface area contributed by atoms with Crippen molar-refractivity contribution in [2.45, 2.75) is 39.5 Å². The number of alkyl halides is 1. The molecular formula is C30H33BClFN3O3PS. The Morgan fingerprint density at radius 3 is 2.61 bits per heavy atom. The SMILES string of the molecule is [2H]B=S([3H])(=P)OCC(F)CN(C(=O)c1ccc(C)cc1)C(c1nc2cc(Cl)ccc2c(=O)n1Cc1ccccc1)C(C)C. The van der Waals surface area contributed by atoms with E-state index in [1.165, 1.54) is 4.90 Å². The van der Waals surface area contributed by atoms with E-state index >= 15 is 4.39 Å². The number of hydrogen-bond acceptors (Lipinski definition) is 4. The predicted octanol–water partition coefficient (Wildman–Crippen LogP) is 5.74. The van der Waals surface area contributed by atoms with E-state index in [2.05, 4.69) is 8.02 Å². The zero-order valence-electron chi connectivity index (χ0n) is 25.1. The van der Waals surface area contributed by atoms with Gasteiger partial charge in [0.15, 0.2) is 0 Å². The van der Waals surface area contributed by atoms with Crippen molar-refractivity contribution >= 4 is 52.8 Å². The van der Waals surface area contributed by atoms with Crippen molar-refractivity contribution in [3.8, 4) is 0 Å². The maximum absolute atomic E-state index is 15.6. The van der Waals surface area contributed by atoms with Gasteiger partial charge in [-0.1, -0.05) is 29.8 Å². The number of hydrogen-bond donors (Lipinski definition) is 1. The Labute approximate surface area is 251 Å². The summed E-state index contributed by atoms with van der Waals surface area (Å²) >= 11 is 6.28. The zero-order valence-corrected chi connectivity index (χ0v) is 25.7. The van der Waals surface area contributed by atoms with Gasteiger partial charge in [-0.05, 0) is 6.07 Å². The van der Waals surface area contributed by atoms with E-state index in [1.54, 1.807) is 47.0 Å². The predicted molar refractivity (Wildman–Crippen MR) is 171 cm³/mol. The molecule has 1 amide bonds. The third-order valence-electron chi connectivity index (χ3n) is 6.69. The number of aryl methyl sites for hydroxylation is 1. The van der Waals surface area contributed by atoms with E-state index in [1.807, 2.05) is 51.1 Å². The first-order chi connectivity index (χ1) is 20.4. The molecule has 0 aliphatic heterocycles. The molecule has 4 aromatic rings. The standard InChI is InChI=1S/C30H33BClFN3O3PS/c1-19(2)27(35(17-24(33)18-39-41(31)40)29(37)22-11-9-20(3)10-12-22)28-34-26-15-23(32)13-14-25(26)30(38)36(28)16-21-7-5-4-6-8-21/h4-15,19,24,27,31,40-41H,16-18H2,1-3H3/i31D,41T. The van der Waals surface area contributed by atoms with Crippen LogP contribution in [0.15, 0.2) is 77.6 Å². The molecular weight excluding hydrogens is 579 g/mol. The fraction of sp³-hybridized carbons (Fsp3) is 0.300. The van der Waals surface area contributed by atoms with Crippen molar-refractivity contribution in [2.24, 2.45) is 5.92 Å². The second-order valence-corrected chi connectivity index (χ2v) is 12.7. The van der Waals surface area contributed by atoms with Crippen molar-refractivity contribution < 1.29 is 13.4 Å². The Morgan fingerprint density at radius 1 is 1.24 bits per heavy atom. The maximum atomic E-state index is 15.6. The number of nitrogens with zero attached hydrogens (tertiary/aromatic N) is 3. The molecule has 1 aromatic heterocycles. The number of carbonyl (C=O) groups is 1. The molecule has 41 heavy (non-hydrogen) atoms. The summed E-state index contributed by atoms with van der Waals surface area (Å²) in [4.78, 5) is 34.4. The molecule has 3 aromatic carbocycles. The second-order valence-electron chi connectivity index (χ2n) is 10.2. The molecule has 0 bridgehead atoms. The molecule has 0 fully saturated rings. The first kappa shape index (κ1) is 28.3. The van der Waals surface area contributed by atoms with E-state index in [0.717, 1.165) is 17.8 Å². The molecule has 0 aliphatic carbocycles. The van der Waals surface area contributed by atoms with Crippen LogP contribution < -0.4 is 5.56 Å². The van der Waals surface area contributed by atoms with Gasteiger partial charge in [0.1, 0.15) is 0 Å². The van der Waals surface area contributed by atoms with Gasteiger partial charge >= 0.3 is 216 Å². The molecule has 6 nitrogen and oxygen atoms in total. The molecule has 3 atom stereocenters. The van der Waals surface area contributed by atoms with Gasteiger partial charge in [0.2, 0.25) is 0 Å². The van der Waals surface area contributed by atoms with Gasteiger partial charge in [-0.2, -0.15) is 0 Å². The normalized spacial score (nSPS) is 15.0. The summed E-state index contributed by atoms with van der Waals surface area (Å²) in [6.45, 7) is 5.72. The molecule has 4 rings (SSSR count). The van der Waals surface area contributed by atoms with E-state index in [0.29, 0.717) is 27.3 Å². The number of benzene rings is 3. The van der Waals surface area contributed by atoms with Crippen molar-refractivity contribution in [2.75, 3.05) is 13.2 Å². The minimum absolute atomic E-state index is 0.186. The molecule has 0 saturated carbocycles. The summed E-state index contributed by atoms with van der Waals surface area (Å²) in [7, 11) is 0.244. The summed E-state index contributed by atoms with van der Waals surface area (Å²) in [6, 6.07) is 20.5. The Morgan fingerprint density at radius 2 is 1.95 bits per heavy atom. The first-order valence-corrected chi connectivity index (χ1v) is 16.0. The van der Waals surface area contributed by atoms with Gasteiger partial charge in [-0.15, -0.1) is 0 Å². The molecule has 214 valence electrons. The Kier molecular flexibility index (Phi) is 9.58. The van der Waals surface area contributed by atoms with Crippen molar-refractivity contribution in [1.82, 2.24) is 14.5 Å². The Bertz CT molecular complexity index is 1790. The molecule has 11 heteroatoms. The quantitative estimate of drug-likeness (QED) is 0.133. The average molecular weight is 615 g/mol. The number of amides is 1. The minimum atomic E-state index is -2.81. The Hall–Kier alpha value is -2.84. The van der Waals surface area contributed by atoms with Crippen LogP contribution in [-0.4, -0.2) is 48.8 Å². The van der Waals surface area contributed by atoms with Gasteiger partial charge in [-0.25, -0.2) is 0 Å². The van der Waals surface area contributed by atoms with E-state index in [4.69, 9.17) is 23.2 Å². The summed E-state index contributed by atoms with van der Waals surface area (Å²) in [5.41, 5.74) is 2.24. The number of aromatic nitrogens is 2. The van der Waals surface area contributed by atoms with Crippen LogP contribution in [0.4, 0.5) is 4.39 Å². The average Bonchev–Trinajstić information content (AvgIpc) is 2.98. The summed E-state index contributed by atoms with van der Waals surface area (Å²) < 4.78 is 37.8. The van der Waals surface area contributed by atoms with E-state index in [-0.39, 0.29) is 18.0 Å². The third-order valence-corrected chi connectivity index (χ3v) is 7.67. The summed E-state index contributed by atoms with van der Waals surface area (Å²) in [5.74, 6) is -0.443. The van der Waals surface area contributed by atoms with Crippen LogP contribution >= 0.6 is 19.6 Å². The molecule has 0 N–H and O–H groups in total. The van der Waals surface area contributed by atoms with E-state index in [9.17, 15) is 9.59 Å². The number of thiol groups is 1. The molecule has 0 radical (unpaired) electrons. The number of carbonyl (C=O) groups excluding carboxylic acids is 1. The number of rotatable bonds is 11. The van der Waals surface area contributed by atoms with Crippen LogP contribution in [0.2, 0.25) is 5.02 Å². The number of halogens is 2. The van der Waals surface area contributed by atoms with Crippen LogP contribution in [0.5, 0.6) is 0 Å². The van der Waals surface area contributed by atoms with Crippen LogP contribution in [-0.2, 0) is 20.4 Å². The zero-order chi connectivity index (χ0) is 31.3. The van der Waals surface area contributed by atoms with Gasteiger partial charge < -0.3 is 0 Å². The summed E-state index contributed by atoms with van der Waals surface area (Å²) in [5, 5.41) is 0.779. The number of fused-ring (bicyclic) bond motifs is 1. The van der Waals surface area contributed by atoms with Crippen molar-refractivity contribution in [3.63, 3.8) is 0 Å². The molecule has 0 spiro atoms. The van der Waals surface area contributed by atoms with Crippen LogP contribution in [0, 0.1) is 12.8 Å². The van der Waals surface area contributed by atoms with Crippen molar-refractivity contribution in [3.05, 3.63) is 111 Å². The van der Waals surface area contributed by atoms with Crippen LogP contribution in [0.25, 0.3) is 10.9 Å². The topological polar surface area (TPSA) is 64.4 Å². The van der Waals surface area contributed by atoms with Gasteiger partial charge in [0.25, 0.3) is 0 Å². The second kappa shape index (κ2) is 13.9. The monoisotopic (exact) mass is 614 g/mol. The molecule has 0 aliphatic rings. The third kappa shape index (κ3) is 7.72. The molecule has 1 heterocycles. The van der Waals surface area contributed by atoms with Crippen molar-refractivity contribution in [1.29, 1.82) is 2.46 Å². The van der Waals surface area contributed by atoms with Gasteiger partial charge in [0.05, 0.1) is 0 Å².